The first kappa shape index (κ1) is 18.0. The number of ether oxygens (including phenoxy) is 2. The van der Waals surface area contributed by atoms with Crippen LogP contribution in [-0.4, -0.2) is 49.3 Å². The van der Waals surface area contributed by atoms with Gasteiger partial charge >= 0.3 is 0 Å². The molecule has 1 aliphatic rings. The number of thiazole rings is 1. The molecule has 0 aliphatic carbocycles. The van der Waals surface area contributed by atoms with Gasteiger partial charge in [-0.2, -0.15) is 0 Å². The molecule has 0 atom stereocenters. The number of fused-ring (bicyclic) bond motifs is 1. The second-order valence-electron chi connectivity index (χ2n) is 6.50. The Labute approximate surface area is 162 Å². The summed E-state index contributed by atoms with van der Waals surface area (Å²) in [7, 11) is 0. The summed E-state index contributed by atoms with van der Waals surface area (Å²) in [6, 6.07) is 13.9. The fourth-order valence-electron chi connectivity index (χ4n) is 3.05. The largest absolute Gasteiger partial charge is 0.492 e. The first-order valence-electron chi connectivity index (χ1n) is 9.19. The quantitative estimate of drug-likeness (QED) is 0.610. The van der Waals surface area contributed by atoms with E-state index in [4.69, 9.17) is 15.2 Å². The highest BCUT2D eigenvalue weighted by molar-refractivity contribution is 7.22. The maximum Gasteiger partial charge on any atom is 0.184 e. The lowest BCUT2D eigenvalue weighted by atomic mass is 10.2. The van der Waals surface area contributed by atoms with Crippen molar-refractivity contribution in [2.24, 2.45) is 0 Å². The molecule has 6 nitrogen and oxygen atoms in total. The summed E-state index contributed by atoms with van der Waals surface area (Å²) in [5.41, 5.74) is 8.84. The second kappa shape index (κ2) is 8.56. The highest BCUT2D eigenvalue weighted by Crippen LogP contribution is 2.29. The van der Waals surface area contributed by atoms with Crippen LogP contribution in [0.15, 0.2) is 42.5 Å². The number of hydrogen-bond acceptors (Lipinski definition) is 7. The summed E-state index contributed by atoms with van der Waals surface area (Å²) in [4.78, 5) is 7.01. The molecule has 0 saturated carbocycles. The van der Waals surface area contributed by atoms with Crippen LogP contribution in [0.3, 0.4) is 0 Å². The van der Waals surface area contributed by atoms with Gasteiger partial charge in [-0.15, -0.1) is 0 Å². The fraction of sp³-hybridized carbons (Fsp3) is 0.350. The van der Waals surface area contributed by atoms with E-state index in [1.165, 1.54) is 0 Å². The van der Waals surface area contributed by atoms with Crippen LogP contribution >= 0.6 is 11.3 Å². The van der Waals surface area contributed by atoms with Crippen LogP contribution in [0.4, 0.5) is 10.8 Å². The maximum atomic E-state index is 6.00. The molecule has 3 N–H and O–H groups in total. The summed E-state index contributed by atoms with van der Waals surface area (Å²) < 4.78 is 12.4. The lowest BCUT2D eigenvalue weighted by molar-refractivity contribution is 0.0322. The van der Waals surface area contributed by atoms with Crippen molar-refractivity contribution in [2.75, 3.05) is 50.5 Å². The number of hydrogen-bond donors (Lipinski definition) is 2. The van der Waals surface area contributed by atoms with Crippen LogP contribution < -0.4 is 15.8 Å². The normalized spacial score (nSPS) is 15.1. The first-order chi connectivity index (χ1) is 13.3. The van der Waals surface area contributed by atoms with Crippen molar-refractivity contribution >= 4 is 32.4 Å². The number of aromatic nitrogens is 1. The average Bonchev–Trinajstić information content (AvgIpc) is 3.10. The molecule has 4 rings (SSSR count). The molecule has 0 amide bonds. The summed E-state index contributed by atoms with van der Waals surface area (Å²) in [6.45, 7) is 5.87. The third-order valence-corrected chi connectivity index (χ3v) is 5.60. The van der Waals surface area contributed by atoms with Gasteiger partial charge in [0.05, 0.1) is 23.4 Å². The summed E-state index contributed by atoms with van der Waals surface area (Å²) in [6.07, 6.45) is 0. The van der Waals surface area contributed by atoms with Crippen LogP contribution in [0, 0.1) is 0 Å². The molecule has 0 radical (unpaired) electrons. The molecule has 1 fully saturated rings. The molecule has 0 unspecified atom stereocenters. The van der Waals surface area contributed by atoms with Gasteiger partial charge in [0.1, 0.15) is 12.4 Å². The Morgan fingerprint density at radius 3 is 2.89 bits per heavy atom. The van der Waals surface area contributed by atoms with Crippen LogP contribution in [0.5, 0.6) is 5.75 Å². The number of anilines is 2. The monoisotopic (exact) mass is 384 g/mol. The van der Waals surface area contributed by atoms with E-state index >= 15 is 0 Å². The molecule has 2 aromatic carbocycles. The molecule has 27 heavy (non-hydrogen) atoms. The van der Waals surface area contributed by atoms with Gasteiger partial charge in [-0.05, 0) is 29.8 Å². The summed E-state index contributed by atoms with van der Waals surface area (Å²) >= 11 is 1.63. The Morgan fingerprint density at radius 1 is 1.19 bits per heavy atom. The SMILES string of the molecule is Nc1ccccc1CNc1nc2ccc(OCCN3CCOCC3)cc2s1. The molecule has 3 aromatic rings. The highest BCUT2D eigenvalue weighted by Gasteiger charge is 2.10. The summed E-state index contributed by atoms with van der Waals surface area (Å²) in [5, 5.41) is 4.25. The number of benzene rings is 2. The maximum absolute atomic E-state index is 6.00. The predicted molar refractivity (Wildman–Crippen MR) is 111 cm³/mol. The van der Waals surface area contributed by atoms with Crippen LogP contribution in [0.1, 0.15) is 5.56 Å². The molecule has 1 aromatic heterocycles. The second-order valence-corrected chi connectivity index (χ2v) is 7.53. The van der Waals surface area contributed by atoms with Crippen molar-refractivity contribution in [2.45, 2.75) is 6.54 Å². The van der Waals surface area contributed by atoms with E-state index < -0.39 is 0 Å². The number of rotatable bonds is 7. The number of nitrogens with zero attached hydrogens (tertiary/aromatic N) is 2. The molecule has 1 saturated heterocycles. The van der Waals surface area contributed by atoms with Gasteiger partial charge in [0.25, 0.3) is 0 Å². The number of nitrogen functional groups attached to an aromatic ring is 1. The zero-order chi connectivity index (χ0) is 18.5. The zero-order valence-corrected chi connectivity index (χ0v) is 16.0. The van der Waals surface area contributed by atoms with Gasteiger partial charge in [-0.25, -0.2) is 4.98 Å². The minimum atomic E-state index is 0.662. The van der Waals surface area contributed by atoms with E-state index in [1.807, 2.05) is 36.4 Å². The smallest absolute Gasteiger partial charge is 0.184 e. The molecule has 2 heterocycles. The lowest BCUT2D eigenvalue weighted by Gasteiger charge is -2.26. The van der Waals surface area contributed by atoms with Crippen molar-refractivity contribution in [3.8, 4) is 5.75 Å². The standard InChI is InChI=1S/C20H24N4O2S/c21-17-4-2-1-3-15(17)14-22-20-23-18-6-5-16(13-19(18)27-20)26-12-9-24-7-10-25-11-8-24/h1-6,13H,7-12,14,21H2,(H,22,23). The van der Waals surface area contributed by atoms with E-state index in [-0.39, 0.29) is 0 Å². The van der Waals surface area contributed by atoms with Gasteiger partial charge in [0.2, 0.25) is 0 Å². The fourth-order valence-corrected chi connectivity index (χ4v) is 3.94. The Kier molecular flexibility index (Phi) is 5.72. The highest BCUT2D eigenvalue weighted by atomic mass is 32.1. The Balaban J connectivity index is 1.34. The molecule has 1 aliphatic heterocycles. The third kappa shape index (κ3) is 4.68. The number of nitrogens with two attached hydrogens (primary N) is 1. The van der Waals surface area contributed by atoms with Crippen molar-refractivity contribution in [1.82, 2.24) is 9.88 Å². The van der Waals surface area contributed by atoms with Gasteiger partial charge in [-0.1, -0.05) is 29.5 Å². The molecule has 142 valence electrons. The van der Waals surface area contributed by atoms with E-state index in [1.54, 1.807) is 11.3 Å². The average molecular weight is 385 g/mol. The Morgan fingerprint density at radius 2 is 2.04 bits per heavy atom. The number of para-hydroxylation sites is 1. The van der Waals surface area contributed by atoms with Gasteiger partial charge in [-0.3, -0.25) is 4.90 Å². The van der Waals surface area contributed by atoms with Crippen molar-refractivity contribution in [3.63, 3.8) is 0 Å². The van der Waals surface area contributed by atoms with E-state index in [0.29, 0.717) is 13.2 Å². The first-order valence-corrected chi connectivity index (χ1v) is 10.0. The van der Waals surface area contributed by atoms with Crippen LogP contribution in [-0.2, 0) is 11.3 Å². The summed E-state index contributed by atoms with van der Waals surface area (Å²) in [5.74, 6) is 0.887. The van der Waals surface area contributed by atoms with Crippen molar-refractivity contribution < 1.29 is 9.47 Å². The third-order valence-electron chi connectivity index (χ3n) is 4.63. The van der Waals surface area contributed by atoms with Gasteiger partial charge in [0.15, 0.2) is 5.13 Å². The molecule has 0 bridgehead atoms. The topological polar surface area (TPSA) is 72.6 Å². The van der Waals surface area contributed by atoms with E-state index in [9.17, 15) is 0 Å². The zero-order valence-electron chi connectivity index (χ0n) is 15.2. The predicted octanol–water partition coefficient (Wildman–Crippen LogP) is 3.20. The molecule has 7 heteroatoms. The van der Waals surface area contributed by atoms with Crippen molar-refractivity contribution in [1.29, 1.82) is 0 Å². The van der Waals surface area contributed by atoms with E-state index in [2.05, 4.69) is 21.3 Å². The Bertz CT molecular complexity index is 893. The van der Waals surface area contributed by atoms with Gasteiger partial charge in [0, 0.05) is 31.9 Å². The number of morpholine rings is 1. The molecular formula is C20H24N4O2S. The van der Waals surface area contributed by atoms with Gasteiger partial charge < -0.3 is 20.5 Å². The molecular weight excluding hydrogens is 360 g/mol. The van der Waals surface area contributed by atoms with Crippen molar-refractivity contribution in [3.05, 3.63) is 48.0 Å². The lowest BCUT2D eigenvalue weighted by Crippen LogP contribution is -2.38. The van der Waals surface area contributed by atoms with Crippen LogP contribution in [0.25, 0.3) is 10.2 Å². The molecule has 0 spiro atoms. The van der Waals surface area contributed by atoms with E-state index in [0.717, 1.165) is 65.2 Å². The minimum absolute atomic E-state index is 0.662. The van der Waals surface area contributed by atoms with Crippen LogP contribution in [0.2, 0.25) is 0 Å². The Hall–Kier alpha value is -2.35. The number of nitrogens with one attached hydrogen (secondary N) is 1. The minimum Gasteiger partial charge on any atom is -0.492 e.